The van der Waals surface area contributed by atoms with Crippen LogP contribution < -0.4 is 0 Å². The molecule has 0 aliphatic carbocycles. The van der Waals surface area contributed by atoms with E-state index in [1.807, 2.05) is 0 Å². The summed E-state index contributed by atoms with van der Waals surface area (Å²) in [6, 6.07) is 0. The lowest BCUT2D eigenvalue weighted by atomic mass is 10.0. The maximum Gasteiger partial charge on any atom is 0.472 e. The van der Waals surface area contributed by atoms with Crippen LogP contribution in [0.25, 0.3) is 0 Å². The van der Waals surface area contributed by atoms with Gasteiger partial charge < -0.3 is 33.8 Å². The summed E-state index contributed by atoms with van der Waals surface area (Å²) in [7, 11) is -9.92. The molecule has 98 heavy (non-hydrogen) atoms. The lowest BCUT2D eigenvalue weighted by Gasteiger charge is -2.21. The van der Waals surface area contributed by atoms with Crippen molar-refractivity contribution in [2.75, 3.05) is 39.6 Å². The highest BCUT2D eigenvalue weighted by Crippen LogP contribution is 2.45. The van der Waals surface area contributed by atoms with Crippen molar-refractivity contribution in [3.05, 3.63) is 0 Å². The summed E-state index contributed by atoms with van der Waals surface area (Å²) >= 11 is 0. The van der Waals surface area contributed by atoms with Crippen LogP contribution in [-0.4, -0.2) is 96.7 Å². The van der Waals surface area contributed by atoms with Crippen molar-refractivity contribution in [3.8, 4) is 0 Å². The highest BCUT2D eigenvalue weighted by molar-refractivity contribution is 7.47. The van der Waals surface area contributed by atoms with E-state index in [9.17, 15) is 43.2 Å². The summed E-state index contributed by atoms with van der Waals surface area (Å²) in [5, 5.41) is 10.6. The number of aliphatic hydroxyl groups is 1. The fraction of sp³-hybridized carbons (Fsp3) is 0.949. The van der Waals surface area contributed by atoms with Crippen molar-refractivity contribution in [1.29, 1.82) is 0 Å². The normalized spacial score (nSPS) is 13.9. The van der Waals surface area contributed by atoms with Gasteiger partial charge in [0.15, 0.2) is 12.2 Å². The third-order valence-corrected chi connectivity index (χ3v) is 20.4. The van der Waals surface area contributed by atoms with Gasteiger partial charge in [-0.3, -0.25) is 37.3 Å². The lowest BCUT2D eigenvalue weighted by molar-refractivity contribution is -0.161. The van der Waals surface area contributed by atoms with E-state index in [-0.39, 0.29) is 25.7 Å². The zero-order valence-electron chi connectivity index (χ0n) is 63.9. The van der Waals surface area contributed by atoms with E-state index in [1.54, 1.807) is 0 Å². The van der Waals surface area contributed by atoms with Crippen LogP contribution in [0.3, 0.4) is 0 Å². The van der Waals surface area contributed by atoms with E-state index in [0.29, 0.717) is 25.7 Å². The Hall–Kier alpha value is -1.94. The molecule has 0 rings (SSSR count). The Balaban J connectivity index is 5.25. The first-order valence-electron chi connectivity index (χ1n) is 41.1. The van der Waals surface area contributed by atoms with Gasteiger partial charge in [-0.1, -0.05) is 369 Å². The smallest absolute Gasteiger partial charge is 0.462 e. The van der Waals surface area contributed by atoms with Gasteiger partial charge in [0.05, 0.1) is 26.4 Å². The number of hydrogen-bond donors (Lipinski definition) is 3. The Morgan fingerprint density at radius 3 is 0.694 bits per heavy atom. The lowest BCUT2D eigenvalue weighted by Crippen LogP contribution is -2.30. The Morgan fingerprint density at radius 1 is 0.276 bits per heavy atom. The summed E-state index contributed by atoms with van der Waals surface area (Å²) in [6.45, 7) is 7.31. The van der Waals surface area contributed by atoms with E-state index in [1.165, 1.54) is 244 Å². The quantitative estimate of drug-likeness (QED) is 0.0222. The molecule has 0 aromatic carbocycles. The van der Waals surface area contributed by atoms with E-state index >= 15 is 0 Å². The summed E-state index contributed by atoms with van der Waals surface area (Å²) in [4.78, 5) is 73.0. The van der Waals surface area contributed by atoms with E-state index in [0.717, 1.165) is 95.8 Å². The SMILES string of the molecule is CCCCCCCCCCCCCCCCCCCCC(=O)O[C@H](COC(=O)CCCCCCCCCCCCCCCCC)COP(=O)(O)OC[C@@H](O)COP(=O)(O)OC[C@@H](COC(=O)CCCCCCCCCCCC(C)C)OC(=O)CCCCCCCCCCCCCCC. The van der Waals surface area contributed by atoms with Crippen molar-refractivity contribution in [1.82, 2.24) is 0 Å². The Kier molecular flexibility index (Phi) is 70.6. The standard InChI is InChI=1S/C79H154O17P2/c1-6-9-12-15-18-21-24-27-29-30-31-33-36-39-44-50-55-60-65-79(84)95-74(68-89-76(81)62-57-52-47-42-37-35-32-28-25-22-19-16-13-10-7-2)70-93-97(85,86)91-66-73(80)67-92-98(87,88)94-71-75(69-90-77(82)63-58-53-48-45-40-41-46-51-56-61-72(4)5)96-78(83)64-59-54-49-43-38-34-26-23-20-17-14-11-8-3/h72-75,80H,6-71H2,1-5H3,(H,85,86)(H,87,88)/t73-,74-,75-/m1/s1. The summed E-state index contributed by atoms with van der Waals surface area (Å²) in [6.07, 6.45) is 62.3. The van der Waals surface area contributed by atoms with Gasteiger partial charge in [-0.05, 0) is 31.6 Å². The summed E-state index contributed by atoms with van der Waals surface area (Å²) in [5.74, 6) is -1.36. The number of rotatable bonds is 79. The van der Waals surface area contributed by atoms with Crippen LogP contribution >= 0.6 is 15.6 Å². The van der Waals surface area contributed by atoms with Gasteiger partial charge in [-0.15, -0.1) is 0 Å². The van der Waals surface area contributed by atoms with Gasteiger partial charge in [0.1, 0.15) is 19.3 Å². The van der Waals surface area contributed by atoms with Crippen LogP contribution in [0.15, 0.2) is 0 Å². The van der Waals surface area contributed by atoms with Crippen LogP contribution in [0.4, 0.5) is 0 Å². The van der Waals surface area contributed by atoms with E-state index < -0.39 is 97.5 Å². The van der Waals surface area contributed by atoms with Crippen molar-refractivity contribution in [3.63, 3.8) is 0 Å². The molecule has 582 valence electrons. The molecule has 0 amide bonds. The van der Waals surface area contributed by atoms with Crippen LogP contribution in [0.1, 0.15) is 420 Å². The van der Waals surface area contributed by atoms with E-state index in [4.69, 9.17) is 37.0 Å². The van der Waals surface area contributed by atoms with Crippen LogP contribution in [0.5, 0.6) is 0 Å². The first-order chi connectivity index (χ1) is 47.5. The monoisotopic (exact) mass is 1440 g/mol. The number of esters is 4. The van der Waals surface area contributed by atoms with E-state index in [2.05, 4.69) is 34.6 Å². The molecule has 0 bridgehead atoms. The average Bonchev–Trinajstić information content (AvgIpc) is 1.09. The van der Waals surface area contributed by atoms with Gasteiger partial charge in [0.2, 0.25) is 0 Å². The Bertz CT molecular complexity index is 1870. The Morgan fingerprint density at radius 2 is 0.469 bits per heavy atom. The number of carbonyl (C=O) groups is 4. The zero-order valence-corrected chi connectivity index (χ0v) is 65.7. The molecule has 0 saturated heterocycles. The maximum absolute atomic E-state index is 13.1. The highest BCUT2D eigenvalue weighted by atomic mass is 31.2. The molecule has 0 saturated carbocycles. The van der Waals surface area contributed by atoms with Crippen molar-refractivity contribution < 1.29 is 80.2 Å². The molecule has 0 aliphatic heterocycles. The Labute approximate surface area is 600 Å². The van der Waals surface area contributed by atoms with Crippen LogP contribution in [0.2, 0.25) is 0 Å². The molecule has 0 spiro atoms. The van der Waals surface area contributed by atoms with Gasteiger partial charge in [0, 0.05) is 25.7 Å². The molecule has 17 nitrogen and oxygen atoms in total. The summed E-state index contributed by atoms with van der Waals surface area (Å²) < 4.78 is 68.7. The predicted octanol–water partition coefficient (Wildman–Crippen LogP) is 23.6. The van der Waals surface area contributed by atoms with Crippen molar-refractivity contribution in [2.45, 2.75) is 438 Å². The first-order valence-corrected chi connectivity index (χ1v) is 44.1. The molecule has 0 heterocycles. The van der Waals surface area contributed by atoms with Gasteiger partial charge in [0.25, 0.3) is 0 Å². The molecular formula is C79H154O17P2. The number of unbranched alkanes of at least 4 members (excludes halogenated alkanes) is 51. The van der Waals surface area contributed by atoms with Crippen LogP contribution in [0, 0.1) is 5.92 Å². The molecule has 2 unspecified atom stereocenters. The molecule has 3 N–H and O–H groups in total. The average molecular weight is 1440 g/mol. The minimum absolute atomic E-state index is 0.108. The second-order valence-electron chi connectivity index (χ2n) is 28.9. The number of ether oxygens (including phenoxy) is 4. The third kappa shape index (κ3) is 72.4. The molecule has 0 aromatic heterocycles. The van der Waals surface area contributed by atoms with Crippen LogP contribution in [-0.2, 0) is 65.4 Å². The van der Waals surface area contributed by atoms with Gasteiger partial charge in [-0.2, -0.15) is 0 Å². The minimum atomic E-state index is -4.96. The zero-order chi connectivity index (χ0) is 71.9. The molecule has 0 fully saturated rings. The maximum atomic E-state index is 13.1. The second kappa shape index (κ2) is 72.0. The largest absolute Gasteiger partial charge is 0.472 e. The van der Waals surface area contributed by atoms with Crippen molar-refractivity contribution in [2.24, 2.45) is 5.92 Å². The molecule has 19 heteroatoms. The number of carbonyl (C=O) groups excluding carboxylic acids is 4. The first kappa shape index (κ1) is 96.1. The number of hydrogen-bond acceptors (Lipinski definition) is 15. The highest BCUT2D eigenvalue weighted by Gasteiger charge is 2.30. The topological polar surface area (TPSA) is 237 Å². The van der Waals surface area contributed by atoms with Crippen molar-refractivity contribution >= 4 is 39.5 Å². The minimum Gasteiger partial charge on any atom is -0.462 e. The number of phosphoric ester groups is 2. The molecule has 0 radical (unpaired) electrons. The summed E-state index contributed by atoms with van der Waals surface area (Å²) in [5.41, 5.74) is 0. The number of aliphatic hydroxyl groups excluding tert-OH is 1. The fourth-order valence-corrected chi connectivity index (χ4v) is 13.8. The fourth-order valence-electron chi connectivity index (χ4n) is 12.2. The van der Waals surface area contributed by atoms with Gasteiger partial charge in [-0.25, -0.2) is 9.13 Å². The van der Waals surface area contributed by atoms with Gasteiger partial charge >= 0.3 is 39.5 Å². The third-order valence-electron chi connectivity index (χ3n) is 18.5. The second-order valence-corrected chi connectivity index (χ2v) is 31.8. The molecular weight excluding hydrogens is 1280 g/mol. The molecule has 0 aliphatic rings. The predicted molar refractivity (Wildman–Crippen MR) is 400 cm³/mol. The number of phosphoric acid groups is 2. The molecule has 5 atom stereocenters. The molecule has 0 aromatic rings.